The van der Waals surface area contributed by atoms with Gasteiger partial charge in [0.05, 0.1) is 5.25 Å². The number of rotatable bonds is 5. The predicted molar refractivity (Wildman–Crippen MR) is 63.7 cm³/mol. The third-order valence-corrected chi connectivity index (χ3v) is 4.89. The van der Waals surface area contributed by atoms with E-state index in [2.05, 4.69) is 4.72 Å². The first-order valence-corrected chi connectivity index (χ1v) is 7.42. The molecule has 1 unspecified atom stereocenters. The van der Waals surface area contributed by atoms with Gasteiger partial charge in [0.25, 0.3) is 0 Å². The van der Waals surface area contributed by atoms with Crippen LogP contribution in [0.25, 0.3) is 0 Å². The van der Waals surface area contributed by atoms with E-state index in [1.165, 1.54) is 0 Å². The summed E-state index contributed by atoms with van der Waals surface area (Å²) in [6, 6.07) is -0.0689. The molecule has 5 heteroatoms. The van der Waals surface area contributed by atoms with Crippen LogP contribution in [0.2, 0.25) is 0 Å². The second kappa shape index (κ2) is 4.60. The van der Waals surface area contributed by atoms with Gasteiger partial charge in [-0.05, 0) is 24.7 Å². The average Bonchev–Trinajstić information content (AvgIpc) is 2.83. The summed E-state index contributed by atoms with van der Waals surface area (Å²) >= 11 is 5.69. The highest BCUT2D eigenvalue weighted by Crippen LogP contribution is 2.30. The normalized spacial score (nSPS) is 20.3. The second-order valence-corrected chi connectivity index (χ2v) is 7.63. The zero-order valence-electron chi connectivity index (χ0n) is 9.59. The molecule has 1 aliphatic rings. The van der Waals surface area contributed by atoms with E-state index in [1.807, 2.05) is 20.8 Å². The average molecular weight is 254 g/mol. The molecule has 0 bridgehead atoms. The Labute approximate surface area is 97.6 Å². The standard InChI is InChI=1S/C10H20ClNO2S/c1-10(2,3)9(6-7-11)12-15(13,14)8-4-5-8/h8-9,12H,4-7H2,1-3H3. The maximum atomic E-state index is 11.8. The van der Waals surface area contributed by atoms with E-state index in [0.29, 0.717) is 12.3 Å². The minimum Gasteiger partial charge on any atom is -0.212 e. The van der Waals surface area contributed by atoms with Crippen molar-refractivity contribution >= 4 is 21.6 Å². The fourth-order valence-corrected chi connectivity index (χ4v) is 3.49. The van der Waals surface area contributed by atoms with Crippen molar-refractivity contribution in [3.8, 4) is 0 Å². The van der Waals surface area contributed by atoms with Crippen LogP contribution in [0.4, 0.5) is 0 Å². The molecule has 1 rings (SSSR count). The molecule has 1 fully saturated rings. The van der Waals surface area contributed by atoms with Crippen LogP contribution < -0.4 is 4.72 Å². The Hall–Kier alpha value is 0.200. The predicted octanol–water partition coefficient (Wildman–Crippen LogP) is 2.11. The molecule has 15 heavy (non-hydrogen) atoms. The number of hydrogen-bond acceptors (Lipinski definition) is 2. The lowest BCUT2D eigenvalue weighted by Gasteiger charge is -2.30. The van der Waals surface area contributed by atoms with E-state index in [-0.39, 0.29) is 16.7 Å². The van der Waals surface area contributed by atoms with E-state index in [1.54, 1.807) is 0 Å². The summed E-state index contributed by atoms with van der Waals surface area (Å²) in [5.41, 5.74) is -0.0865. The van der Waals surface area contributed by atoms with Gasteiger partial charge in [0.1, 0.15) is 0 Å². The molecular formula is C10H20ClNO2S. The van der Waals surface area contributed by atoms with Gasteiger partial charge < -0.3 is 0 Å². The Morgan fingerprint density at radius 2 is 1.93 bits per heavy atom. The van der Waals surface area contributed by atoms with Crippen molar-refractivity contribution in [1.29, 1.82) is 0 Å². The quantitative estimate of drug-likeness (QED) is 0.763. The van der Waals surface area contributed by atoms with Crippen LogP contribution in [0.3, 0.4) is 0 Å². The molecule has 1 saturated carbocycles. The van der Waals surface area contributed by atoms with E-state index in [4.69, 9.17) is 11.6 Å². The summed E-state index contributed by atoms with van der Waals surface area (Å²) in [4.78, 5) is 0. The molecule has 90 valence electrons. The van der Waals surface area contributed by atoms with Crippen molar-refractivity contribution in [2.75, 3.05) is 5.88 Å². The molecule has 0 aromatic rings. The smallest absolute Gasteiger partial charge is 0.212 e. The minimum absolute atomic E-state index is 0.0689. The summed E-state index contributed by atoms with van der Waals surface area (Å²) < 4.78 is 26.3. The maximum absolute atomic E-state index is 11.8. The Kier molecular flexibility index (Phi) is 4.07. The Bertz CT molecular complexity index is 304. The summed E-state index contributed by atoms with van der Waals surface area (Å²) in [5, 5.41) is -0.155. The number of nitrogens with one attached hydrogen (secondary N) is 1. The van der Waals surface area contributed by atoms with Gasteiger partial charge in [-0.15, -0.1) is 11.6 Å². The number of hydrogen-bond donors (Lipinski definition) is 1. The first kappa shape index (κ1) is 13.3. The van der Waals surface area contributed by atoms with Crippen LogP contribution in [0, 0.1) is 5.41 Å². The molecule has 0 heterocycles. The van der Waals surface area contributed by atoms with Crippen LogP contribution in [-0.4, -0.2) is 25.6 Å². The van der Waals surface area contributed by atoms with Crippen molar-refractivity contribution < 1.29 is 8.42 Å². The molecule has 0 amide bonds. The van der Waals surface area contributed by atoms with Crippen LogP contribution in [0.1, 0.15) is 40.0 Å². The van der Waals surface area contributed by atoms with E-state index in [0.717, 1.165) is 12.8 Å². The molecule has 0 spiro atoms. The zero-order chi connectivity index (χ0) is 11.7. The van der Waals surface area contributed by atoms with Gasteiger partial charge in [-0.1, -0.05) is 20.8 Å². The van der Waals surface area contributed by atoms with Gasteiger partial charge in [-0.3, -0.25) is 0 Å². The van der Waals surface area contributed by atoms with Crippen LogP contribution in [-0.2, 0) is 10.0 Å². The Balaban J connectivity index is 2.66. The van der Waals surface area contributed by atoms with Gasteiger partial charge in [0, 0.05) is 11.9 Å². The molecule has 1 N–H and O–H groups in total. The highest BCUT2D eigenvalue weighted by atomic mass is 35.5. The van der Waals surface area contributed by atoms with Gasteiger partial charge >= 0.3 is 0 Å². The third kappa shape index (κ3) is 3.93. The number of sulfonamides is 1. The van der Waals surface area contributed by atoms with Crippen molar-refractivity contribution in [1.82, 2.24) is 4.72 Å². The molecule has 3 nitrogen and oxygen atoms in total. The van der Waals surface area contributed by atoms with E-state index >= 15 is 0 Å². The van der Waals surface area contributed by atoms with Crippen molar-refractivity contribution in [2.24, 2.45) is 5.41 Å². The topological polar surface area (TPSA) is 46.2 Å². The summed E-state index contributed by atoms with van der Waals surface area (Å²) in [5.74, 6) is 0.481. The monoisotopic (exact) mass is 253 g/mol. The van der Waals surface area contributed by atoms with Crippen LogP contribution in [0.15, 0.2) is 0 Å². The lowest BCUT2D eigenvalue weighted by molar-refractivity contribution is 0.292. The van der Waals surface area contributed by atoms with Gasteiger partial charge in [0.2, 0.25) is 10.0 Å². The lowest BCUT2D eigenvalue weighted by Crippen LogP contribution is -2.45. The van der Waals surface area contributed by atoms with Gasteiger partial charge in [-0.2, -0.15) is 0 Å². The fourth-order valence-electron chi connectivity index (χ4n) is 1.45. The molecule has 0 saturated heterocycles. The molecule has 0 aromatic heterocycles. The SMILES string of the molecule is CC(C)(C)C(CCCl)NS(=O)(=O)C1CC1. The van der Waals surface area contributed by atoms with Crippen LogP contribution in [0.5, 0.6) is 0 Å². The fraction of sp³-hybridized carbons (Fsp3) is 1.00. The maximum Gasteiger partial charge on any atom is 0.214 e. The Morgan fingerprint density at radius 3 is 2.27 bits per heavy atom. The first-order valence-electron chi connectivity index (χ1n) is 5.34. The molecule has 1 atom stereocenters. The van der Waals surface area contributed by atoms with Crippen molar-refractivity contribution in [3.63, 3.8) is 0 Å². The number of halogens is 1. The highest BCUT2D eigenvalue weighted by molar-refractivity contribution is 7.90. The minimum atomic E-state index is -3.10. The zero-order valence-corrected chi connectivity index (χ0v) is 11.2. The molecule has 0 aliphatic heterocycles. The van der Waals surface area contributed by atoms with Crippen molar-refractivity contribution in [2.45, 2.75) is 51.3 Å². The molecule has 0 aromatic carbocycles. The number of alkyl halides is 1. The highest BCUT2D eigenvalue weighted by Gasteiger charge is 2.38. The van der Waals surface area contributed by atoms with E-state index in [9.17, 15) is 8.42 Å². The molecular weight excluding hydrogens is 234 g/mol. The Morgan fingerprint density at radius 1 is 1.40 bits per heavy atom. The van der Waals surface area contributed by atoms with E-state index < -0.39 is 10.0 Å². The van der Waals surface area contributed by atoms with Crippen molar-refractivity contribution in [3.05, 3.63) is 0 Å². The largest absolute Gasteiger partial charge is 0.214 e. The molecule has 1 aliphatic carbocycles. The van der Waals surface area contributed by atoms with Gasteiger partial charge in [-0.25, -0.2) is 13.1 Å². The molecule has 0 radical (unpaired) electrons. The summed E-state index contributed by atoms with van der Waals surface area (Å²) in [6.07, 6.45) is 2.27. The summed E-state index contributed by atoms with van der Waals surface area (Å²) in [6.45, 7) is 6.08. The lowest BCUT2D eigenvalue weighted by atomic mass is 9.86. The van der Waals surface area contributed by atoms with Crippen LogP contribution >= 0.6 is 11.6 Å². The van der Waals surface area contributed by atoms with Gasteiger partial charge in [0.15, 0.2) is 0 Å². The third-order valence-electron chi connectivity index (χ3n) is 2.71. The summed E-state index contributed by atoms with van der Waals surface area (Å²) in [7, 11) is -3.10. The second-order valence-electron chi connectivity index (χ2n) is 5.26. The first-order chi connectivity index (χ1) is 6.77.